The Balaban J connectivity index is 1.62. The molecule has 0 fully saturated rings. The van der Waals surface area contributed by atoms with Crippen LogP contribution in [0.2, 0.25) is 0 Å². The summed E-state index contributed by atoms with van der Waals surface area (Å²) >= 11 is 0. The fourth-order valence-electron chi connectivity index (χ4n) is 1.77. The van der Waals surface area contributed by atoms with Gasteiger partial charge < -0.3 is 10.1 Å². The fraction of sp³-hybridized carbons (Fsp3) is 0.333. The zero-order valence-electron chi connectivity index (χ0n) is 11.7. The highest BCUT2D eigenvalue weighted by atomic mass is 16.5. The predicted octanol–water partition coefficient (Wildman–Crippen LogP) is 1.73. The first-order valence-corrected chi connectivity index (χ1v) is 6.71. The molecule has 0 saturated heterocycles. The van der Waals surface area contributed by atoms with E-state index < -0.39 is 0 Å². The molecule has 106 valence electrons. The number of benzene rings is 1. The molecule has 0 saturated carbocycles. The van der Waals surface area contributed by atoms with Crippen LogP contribution in [0.25, 0.3) is 6.08 Å². The zero-order valence-corrected chi connectivity index (χ0v) is 11.7. The highest BCUT2D eigenvalue weighted by Crippen LogP contribution is 2.00. The third kappa shape index (κ3) is 4.95. The van der Waals surface area contributed by atoms with E-state index in [0.717, 1.165) is 18.8 Å². The molecule has 0 atom stereocenters. The van der Waals surface area contributed by atoms with Gasteiger partial charge in [0.05, 0.1) is 25.5 Å². The molecule has 0 aliphatic carbocycles. The van der Waals surface area contributed by atoms with Gasteiger partial charge in [0.2, 0.25) is 0 Å². The fourth-order valence-corrected chi connectivity index (χ4v) is 1.77. The Morgan fingerprint density at radius 2 is 2.15 bits per heavy atom. The molecule has 2 aromatic rings. The van der Waals surface area contributed by atoms with E-state index in [1.54, 1.807) is 4.68 Å². The summed E-state index contributed by atoms with van der Waals surface area (Å²) < 4.78 is 7.34. The maximum atomic E-state index is 5.54. The van der Waals surface area contributed by atoms with Gasteiger partial charge in [-0.3, -0.25) is 0 Å². The van der Waals surface area contributed by atoms with Crippen molar-refractivity contribution in [2.24, 2.45) is 0 Å². The third-order valence-electron chi connectivity index (χ3n) is 2.73. The molecule has 1 aromatic heterocycles. The van der Waals surface area contributed by atoms with E-state index in [9.17, 15) is 0 Å². The summed E-state index contributed by atoms with van der Waals surface area (Å²) in [4.78, 5) is 0. The second-order valence-corrected chi connectivity index (χ2v) is 4.39. The lowest BCUT2D eigenvalue weighted by Gasteiger charge is -2.00. The Kier molecular flexibility index (Phi) is 5.95. The normalized spacial score (nSPS) is 11.2. The number of nitrogens with zero attached hydrogens (tertiary/aromatic N) is 3. The zero-order chi connectivity index (χ0) is 14.0. The number of rotatable bonds is 8. The maximum absolute atomic E-state index is 5.54. The molecule has 5 nitrogen and oxygen atoms in total. The monoisotopic (exact) mass is 272 g/mol. The minimum Gasteiger partial charge on any atom is -0.375 e. The van der Waals surface area contributed by atoms with Gasteiger partial charge in [0.1, 0.15) is 0 Å². The Morgan fingerprint density at radius 3 is 2.95 bits per heavy atom. The van der Waals surface area contributed by atoms with E-state index in [-0.39, 0.29) is 0 Å². The van der Waals surface area contributed by atoms with Crippen molar-refractivity contribution >= 4 is 6.08 Å². The van der Waals surface area contributed by atoms with Gasteiger partial charge in [-0.2, -0.15) is 0 Å². The molecule has 0 spiro atoms. The smallest absolute Gasteiger partial charge is 0.0964 e. The number of hydrogen-bond acceptors (Lipinski definition) is 4. The van der Waals surface area contributed by atoms with Crippen molar-refractivity contribution < 1.29 is 4.74 Å². The molecule has 0 aliphatic rings. The van der Waals surface area contributed by atoms with Gasteiger partial charge in [-0.1, -0.05) is 47.7 Å². The molecule has 20 heavy (non-hydrogen) atoms. The van der Waals surface area contributed by atoms with E-state index in [4.69, 9.17) is 4.74 Å². The predicted molar refractivity (Wildman–Crippen MR) is 79.1 cm³/mol. The topological polar surface area (TPSA) is 52.0 Å². The van der Waals surface area contributed by atoms with Crippen LogP contribution in [0.4, 0.5) is 0 Å². The molecule has 1 heterocycles. The van der Waals surface area contributed by atoms with Crippen molar-refractivity contribution in [1.82, 2.24) is 20.3 Å². The van der Waals surface area contributed by atoms with Gasteiger partial charge in [-0.05, 0) is 12.6 Å². The van der Waals surface area contributed by atoms with Crippen LogP contribution in [-0.2, 0) is 17.8 Å². The minimum absolute atomic E-state index is 0.604. The van der Waals surface area contributed by atoms with Crippen LogP contribution >= 0.6 is 0 Å². The Hall–Kier alpha value is -1.98. The van der Waals surface area contributed by atoms with Gasteiger partial charge >= 0.3 is 0 Å². The van der Waals surface area contributed by atoms with E-state index in [1.807, 2.05) is 37.5 Å². The molecule has 0 aliphatic heterocycles. The second-order valence-electron chi connectivity index (χ2n) is 4.39. The van der Waals surface area contributed by atoms with Crippen LogP contribution in [-0.4, -0.2) is 35.3 Å². The Morgan fingerprint density at radius 1 is 1.30 bits per heavy atom. The summed E-state index contributed by atoms with van der Waals surface area (Å²) in [5, 5.41) is 11.1. The number of nitrogens with one attached hydrogen (secondary N) is 1. The number of aromatic nitrogens is 3. The van der Waals surface area contributed by atoms with Crippen molar-refractivity contribution in [3.63, 3.8) is 0 Å². The van der Waals surface area contributed by atoms with Gasteiger partial charge in [-0.15, -0.1) is 5.10 Å². The molecule has 0 bridgehead atoms. The second kappa shape index (κ2) is 8.24. The quantitative estimate of drug-likeness (QED) is 0.744. The van der Waals surface area contributed by atoms with E-state index in [1.165, 1.54) is 5.56 Å². The number of hydrogen-bond donors (Lipinski definition) is 1. The van der Waals surface area contributed by atoms with Gasteiger partial charge in [0.25, 0.3) is 0 Å². The highest BCUT2D eigenvalue weighted by molar-refractivity contribution is 5.48. The standard InChI is InChI=1S/C15H20N4O/c1-16-12-15-13-19(18-17-15)9-11-20-10-5-8-14-6-3-2-4-7-14/h2-8,13,16H,9-12H2,1H3. The summed E-state index contributed by atoms with van der Waals surface area (Å²) in [6.07, 6.45) is 6.00. The van der Waals surface area contributed by atoms with Crippen LogP contribution in [0.15, 0.2) is 42.6 Å². The van der Waals surface area contributed by atoms with Gasteiger partial charge in [0.15, 0.2) is 0 Å². The molecule has 5 heteroatoms. The van der Waals surface area contributed by atoms with Crippen molar-refractivity contribution in [3.05, 3.63) is 53.9 Å². The van der Waals surface area contributed by atoms with E-state index >= 15 is 0 Å². The van der Waals surface area contributed by atoms with Crippen LogP contribution in [0.1, 0.15) is 11.3 Å². The average Bonchev–Trinajstić information content (AvgIpc) is 2.92. The minimum atomic E-state index is 0.604. The third-order valence-corrected chi connectivity index (χ3v) is 2.73. The van der Waals surface area contributed by atoms with Crippen LogP contribution < -0.4 is 5.32 Å². The lowest BCUT2D eigenvalue weighted by molar-refractivity contribution is 0.150. The SMILES string of the molecule is CNCc1cn(CCOCC=Cc2ccccc2)nn1. The Bertz CT molecular complexity index is 522. The van der Waals surface area contributed by atoms with Gasteiger partial charge in [-0.25, -0.2) is 4.68 Å². The van der Waals surface area contributed by atoms with Crippen molar-refractivity contribution in [3.8, 4) is 0 Å². The molecule has 0 radical (unpaired) electrons. The molecule has 0 unspecified atom stereocenters. The summed E-state index contributed by atoms with van der Waals surface area (Å²) in [5.41, 5.74) is 2.13. The molecular formula is C15H20N4O. The molecular weight excluding hydrogens is 252 g/mol. The van der Waals surface area contributed by atoms with Crippen LogP contribution in [0.5, 0.6) is 0 Å². The Labute approximate surface area is 119 Å². The van der Waals surface area contributed by atoms with E-state index in [2.05, 4.69) is 33.8 Å². The van der Waals surface area contributed by atoms with E-state index in [0.29, 0.717) is 13.2 Å². The van der Waals surface area contributed by atoms with Crippen molar-refractivity contribution in [2.45, 2.75) is 13.1 Å². The number of ether oxygens (including phenoxy) is 1. The van der Waals surface area contributed by atoms with Crippen molar-refractivity contribution in [2.75, 3.05) is 20.3 Å². The first-order chi connectivity index (χ1) is 9.88. The molecule has 0 amide bonds. The summed E-state index contributed by atoms with van der Waals surface area (Å²) in [6.45, 7) is 2.69. The molecule has 1 N–H and O–H groups in total. The maximum Gasteiger partial charge on any atom is 0.0964 e. The largest absolute Gasteiger partial charge is 0.375 e. The molecule has 1 aromatic carbocycles. The average molecular weight is 272 g/mol. The first-order valence-electron chi connectivity index (χ1n) is 6.71. The highest BCUT2D eigenvalue weighted by Gasteiger charge is 1.98. The van der Waals surface area contributed by atoms with Gasteiger partial charge in [0, 0.05) is 12.7 Å². The van der Waals surface area contributed by atoms with Crippen LogP contribution in [0, 0.1) is 0 Å². The summed E-state index contributed by atoms with van der Waals surface area (Å²) in [5.74, 6) is 0. The molecule has 2 rings (SSSR count). The lowest BCUT2D eigenvalue weighted by Crippen LogP contribution is -2.07. The first kappa shape index (κ1) is 14.4. The van der Waals surface area contributed by atoms with Crippen LogP contribution in [0.3, 0.4) is 0 Å². The summed E-state index contributed by atoms with van der Waals surface area (Å²) in [6, 6.07) is 10.2. The summed E-state index contributed by atoms with van der Waals surface area (Å²) in [7, 11) is 1.89. The van der Waals surface area contributed by atoms with Crippen molar-refractivity contribution in [1.29, 1.82) is 0 Å². The lowest BCUT2D eigenvalue weighted by atomic mass is 10.2.